The van der Waals surface area contributed by atoms with Crippen molar-refractivity contribution in [3.05, 3.63) is 34.3 Å². The first-order chi connectivity index (χ1) is 8.12. The molecule has 1 aliphatic rings. The molecule has 17 heavy (non-hydrogen) atoms. The number of hydrogen-bond donors (Lipinski definition) is 1. The lowest BCUT2D eigenvalue weighted by Gasteiger charge is -2.37. The van der Waals surface area contributed by atoms with Gasteiger partial charge in [0.25, 0.3) is 0 Å². The number of carbonyl (C=O) groups excluding carboxylic acids is 1. The molecule has 1 saturated carbocycles. The molecular formula is C14H18BrNO. The number of halogens is 1. The molecule has 0 unspecified atom stereocenters. The van der Waals surface area contributed by atoms with Gasteiger partial charge in [-0.1, -0.05) is 47.3 Å². The van der Waals surface area contributed by atoms with Crippen molar-refractivity contribution in [3.8, 4) is 0 Å². The first-order valence-electron chi connectivity index (χ1n) is 6.17. The zero-order valence-electron chi connectivity index (χ0n) is 9.92. The minimum Gasteiger partial charge on any atom is -0.370 e. The third-order valence-electron chi connectivity index (χ3n) is 3.78. The smallest absolute Gasteiger partial charge is 0.218 e. The Kier molecular flexibility index (Phi) is 3.87. The van der Waals surface area contributed by atoms with Gasteiger partial charge in [0.15, 0.2) is 0 Å². The van der Waals surface area contributed by atoms with E-state index < -0.39 is 0 Å². The summed E-state index contributed by atoms with van der Waals surface area (Å²) in [6.45, 7) is 0. The lowest BCUT2D eigenvalue weighted by atomic mass is 9.67. The molecule has 0 aromatic heterocycles. The molecule has 1 amide bonds. The highest BCUT2D eigenvalue weighted by Crippen LogP contribution is 2.42. The molecule has 1 aromatic rings. The van der Waals surface area contributed by atoms with Gasteiger partial charge in [0.2, 0.25) is 5.91 Å². The zero-order valence-corrected chi connectivity index (χ0v) is 11.5. The van der Waals surface area contributed by atoms with Crippen molar-refractivity contribution in [1.82, 2.24) is 0 Å². The molecule has 2 N–H and O–H groups in total. The van der Waals surface area contributed by atoms with Crippen LogP contribution in [0.4, 0.5) is 0 Å². The first kappa shape index (κ1) is 12.6. The van der Waals surface area contributed by atoms with E-state index in [0.717, 1.165) is 17.3 Å². The maximum Gasteiger partial charge on any atom is 0.218 e. The maximum atomic E-state index is 11.3. The fourth-order valence-electron chi connectivity index (χ4n) is 2.93. The average Bonchev–Trinajstić information content (AvgIpc) is 2.30. The molecule has 3 heteroatoms. The van der Waals surface area contributed by atoms with Gasteiger partial charge in [0.1, 0.15) is 0 Å². The molecule has 0 bridgehead atoms. The average molecular weight is 296 g/mol. The highest BCUT2D eigenvalue weighted by molar-refractivity contribution is 9.10. The quantitative estimate of drug-likeness (QED) is 0.911. The molecule has 0 aliphatic heterocycles. The molecule has 0 radical (unpaired) electrons. The van der Waals surface area contributed by atoms with Gasteiger partial charge in [-0.25, -0.2) is 0 Å². The van der Waals surface area contributed by atoms with E-state index in [9.17, 15) is 4.79 Å². The van der Waals surface area contributed by atoms with Gasteiger partial charge in [0, 0.05) is 16.3 Å². The van der Waals surface area contributed by atoms with Crippen LogP contribution in [0.5, 0.6) is 0 Å². The third kappa shape index (κ3) is 2.89. The fourth-order valence-corrected chi connectivity index (χ4v) is 3.20. The number of nitrogens with two attached hydrogens (primary N) is 1. The Morgan fingerprint density at radius 1 is 1.18 bits per heavy atom. The second kappa shape index (κ2) is 5.21. The van der Waals surface area contributed by atoms with Gasteiger partial charge in [0.05, 0.1) is 0 Å². The Labute approximate surface area is 111 Å². The highest BCUT2D eigenvalue weighted by atomic mass is 79.9. The van der Waals surface area contributed by atoms with Gasteiger partial charge in [-0.15, -0.1) is 0 Å². The summed E-state index contributed by atoms with van der Waals surface area (Å²) in [6, 6.07) is 8.34. The van der Waals surface area contributed by atoms with Crippen molar-refractivity contribution in [2.45, 2.75) is 43.9 Å². The summed E-state index contributed by atoms with van der Waals surface area (Å²) >= 11 is 3.45. The lowest BCUT2D eigenvalue weighted by molar-refractivity contribution is -0.119. The molecule has 0 spiro atoms. The molecule has 1 aromatic carbocycles. The molecule has 0 atom stereocenters. The molecule has 0 saturated heterocycles. The first-order valence-corrected chi connectivity index (χ1v) is 6.96. The van der Waals surface area contributed by atoms with Crippen LogP contribution in [0.25, 0.3) is 0 Å². The largest absolute Gasteiger partial charge is 0.370 e. The van der Waals surface area contributed by atoms with E-state index in [1.165, 1.54) is 24.8 Å². The van der Waals surface area contributed by atoms with E-state index in [1.54, 1.807) is 0 Å². The summed E-state index contributed by atoms with van der Waals surface area (Å²) in [5.41, 5.74) is 6.68. The second-order valence-corrected chi connectivity index (χ2v) is 5.91. The predicted molar refractivity (Wildman–Crippen MR) is 72.7 cm³/mol. The van der Waals surface area contributed by atoms with Crippen LogP contribution in [0, 0.1) is 0 Å². The van der Waals surface area contributed by atoms with Gasteiger partial charge in [-0.2, -0.15) is 0 Å². The molecule has 1 fully saturated rings. The summed E-state index contributed by atoms with van der Waals surface area (Å²) in [7, 11) is 0. The number of rotatable bonds is 3. The molecule has 92 valence electrons. The highest BCUT2D eigenvalue weighted by Gasteiger charge is 2.35. The number of amides is 1. The van der Waals surface area contributed by atoms with Crippen molar-refractivity contribution < 1.29 is 4.79 Å². The van der Waals surface area contributed by atoms with Crippen molar-refractivity contribution in [2.75, 3.05) is 0 Å². The Balaban J connectivity index is 2.31. The summed E-state index contributed by atoms with van der Waals surface area (Å²) in [6.07, 6.45) is 6.31. The van der Waals surface area contributed by atoms with Crippen molar-refractivity contribution in [1.29, 1.82) is 0 Å². The van der Waals surface area contributed by atoms with Crippen molar-refractivity contribution in [3.63, 3.8) is 0 Å². The summed E-state index contributed by atoms with van der Waals surface area (Å²) in [5, 5.41) is 0. The minimum atomic E-state index is -0.185. The lowest BCUT2D eigenvalue weighted by Crippen LogP contribution is -2.34. The standard InChI is InChI=1S/C14H18BrNO/c15-12-6-4-11(5-7-12)14(10-13(16)17)8-2-1-3-9-14/h4-7H,1-3,8-10H2,(H2,16,17). The van der Waals surface area contributed by atoms with Gasteiger partial charge in [-0.3, -0.25) is 4.79 Å². The SMILES string of the molecule is NC(=O)CC1(c2ccc(Br)cc2)CCCCC1. The van der Waals surface area contributed by atoms with Crippen LogP contribution in [-0.2, 0) is 10.2 Å². The second-order valence-electron chi connectivity index (χ2n) is 4.99. The Bertz CT molecular complexity index is 393. The van der Waals surface area contributed by atoms with Crippen LogP contribution in [0.15, 0.2) is 28.7 Å². The van der Waals surface area contributed by atoms with Crippen LogP contribution in [0.1, 0.15) is 44.1 Å². The molecule has 2 nitrogen and oxygen atoms in total. The number of carbonyl (C=O) groups is 1. The fraction of sp³-hybridized carbons (Fsp3) is 0.500. The third-order valence-corrected chi connectivity index (χ3v) is 4.31. The Morgan fingerprint density at radius 3 is 2.29 bits per heavy atom. The van der Waals surface area contributed by atoms with Crippen LogP contribution in [0.2, 0.25) is 0 Å². The Morgan fingerprint density at radius 2 is 1.76 bits per heavy atom. The van der Waals surface area contributed by atoms with Crippen LogP contribution < -0.4 is 5.73 Å². The number of hydrogen-bond acceptors (Lipinski definition) is 1. The van der Waals surface area contributed by atoms with Gasteiger partial charge >= 0.3 is 0 Å². The molecule has 2 rings (SSSR count). The Hall–Kier alpha value is -0.830. The van der Waals surface area contributed by atoms with E-state index in [-0.39, 0.29) is 11.3 Å². The maximum absolute atomic E-state index is 11.3. The van der Waals surface area contributed by atoms with Crippen LogP contribution in [-0.4, -0.2) is 5.91 Å². The minimum absolute atomic E-state index is 0.00914. The molecule has 1 aliphatic carbocycles. The van der Waals surface area contributed by atoms with E-state index in [4.69, 9.17) is 5.73 Å². The van der Waals surface area contributed by atoms with E-state index >= 15 is 0 Å². The molecule has 0 heterocycles. The van der Waals surface area contributed by atoms with Crippen molar-refractivity contribution >= 4 is 21.8 Å². The van der Waals surface area contributed by atoms with Gasteiger partial charge < -0.3 is 5.73 Å². The number of benzene rings is 1. The normalized spacial score (nSPS) is 18.9. The zero-order chi connectivity index (χ0) is 12.3. The topological polar surface area (TPSA) is 43.1 Å². The van der Waals surface area contributed by atoms with Crippen molar-refractivity contribution in [2.24, 2.45) is 5.73 Å². The van der Waals surface area contributed by atoms with Gasteiger partial charge in [-0.05, 0) is 30.5 Å². The summed E-state index contributed by atoms with van der Waals surface area (Å²) in [5.74, 6) is -0.185. The van der Waals surface area contributed by atoms with E-state index in [0.29, 0.717) is 6.42 Å². The predicted octanol–water partition coefficient (Wildman–Crippen LogP) is 3.53. The number of primary amides is 1. The summed E-state index contributed by atoms with van der Waals surface area (Å²) in [4.78, 5) is 11.3. The van der Waals surface area contributed by atoms with E-state index in [1.807, 2.05) is 12.1 Å². The molecular weight excluding hydrogens is 278 g/mol. The monoisotopic (exact) mass is 295 g/mol. The van der Waals surface area contributed by atoms with Crippen LogP contribution in [0.3, 0.4) is 0 Å². The van der Waals surface area contributed by atoms with E-state index in [2.05, 4.69) is 28.1 Å². The van der Waals surface area contributed by atoms with Crippen LogP contribution >= 0.6 is 15.9 Å². The summed E-state index contributed by atoms with van der Waals surface area (Å²) < 4.78 is 1.08.